The lowest BCUT2D eigenvalue weighted by Crippen LogP contribution is -2.52. The molecule has 0 unspecified atom stereocenters. The summed E-state index contributed by atoms with van der Waals surface area (Å²) < 4.78 is 45.8. The molecule has 0 saturated carbocycles. The summed E-state index contributed by atoms with van der Waals surface area (Å²) in [7, 11) is 0. The summed E-state index contributed by atoms with van der Waals surface area (Å²) in [6, 6.07) is 2.46. The minimum Gasteiger partial charge on any atom is -0.393 e. The lowest BCUT2D eigenvalue weighted by atomic mass is 9.91. The molecule has 3 N–H and O–H groups in total. The number of benzene rings is 1. The number of nitrogens with zero attached hydrogens (tertiary/aromatic N) is 3. The SMILES string of the molecule is CC(C)n1cc(NC(=O)c2ccc(F)c(C(F)(F)C(=O)N3CCC(O)(CO)CC3)c2)cn1. The third-order valence-corrected chi connectivity index (χ3v) is 5.50. The number of aliphatic hydroxyl groups excluding tert-OH is 1. The number of hydrogen-bond donors (Lipinski definition) is 3. The molecule has 3 rings (SSSR count). The molecular weight excluding hydrogens is 429 g/mol. The number of aromatic nitrogens is 2. The number of piperidine rings is 1. The number of aliphatic hydroxyl groups is 2. The number of rotatable bonds is 6. The highest BCUT2D eigenvalue weighted by molar-refractivity contribution is 6.04. The zero-order valence-corrected chi connectivity index (χ0v) is 17.7. The number of anilines is 1. The van der Waals surface area contributed by atoms with Crippen molar-refractivity contribution in [3.63, 3.8) is 0 Å². The average Bonchev–Trinajstić information content (AvgIpc) is 3.22. The Morgan fingerprint density at radius 3 is 2.50 bits per heavy atom. The molecule has 32 heavy (non-hydrogen) atoms. The van der Waals surface area contributed by atoms with E-state index in [-0.39, 0.29) is 37.5 Å². The topological polar surface area (TPSA) is 108 Å². The van der Waals surface area contributed by atoms with Crippen molar-refractivity contribution in [2.75, 3.05) is 25.0 Å². The van der Waals surface area contributed by atoms with Crippen molar-refractivity contribution in [3.8, 4) is 0 Å². The molecule has 1 saturated heterocycles. The average molecular weight is 454 g/mol. The van der Waals surface area contributed by atoms with E-state index in [1.165, 1.54) is 6.20 Å². The number of carbonyl (C=O) groups excluding carboxylic acids is 2. The van der Waals surface area contributed by atoms with Crippen LogP contribution in [0, 0.1) is 5.82 Å². The number of likely N-dealkylation sites (tertiary alicyclic amines) is 1. The van der Waals surface area contributed by atoms with Crippen LogP contribution in [0.1, 0.15) is 48.7 Å². The maximum absolute atomic E-state index is 14.9. The van der Waals surface area contributed by atoms with E-state index in [1.807, 2.05) is 13.8 Å². The van der Waals surface area contributed by atoms with E-state index in [1.54, 1.807) is 10.9 Å². The van der Waals surface area contributed by atoms with Crippen LogP contribution in [0.25, 0.3) is 0 Å². The second kappa shape index (κ2) is 8.91. The van der Waals surface area contributed by atoms with Gasteiger partial charge in [0.1, 0.15) is 5.82 Å². The van der Waals surface area contributed by atoms with Crippen LogP contribution in [0.15, 0.2) is 30.6 Å². The molecular formula is C21H25F3N4O4. The summed E-state index contributed by atoms with van der Waals surface area (Å²) in [5.74, 6) is -7.94. The molecule has 1 aliphatic rings. The van der Waals surface area contributed by atoms with Crippen molar-refractivity contribution in [3.05, 3.63) is 47.5 Å². The summed E-state index contributed by atoms with van der Waals surface area (Å²) in [5.41, 5.74) is -2.56. The number of amides is 2. The highest BCUT2D eigenvalue weighted by atomic mass is 19.3. The molecule has 0 aliphatic carbocycles. The van der Waals surface area contributed by atoms with Gasteiger partial charge in [0.25, 0.3) is 11.8 Å². The monoisotopic (exact) mass is 454 g/mol. The van der Waals surface area contributed by atoms with E-state index in [0.717, 1.165) is 11.0 Å². The number of carbonyl (C=O) groups is 2. The van der Waals surface area contributed by atoms with E-state index in [4.69, 9.17) is 0 Å². The zero-order valence-electron chi connectivity index (χ0n) is 17.7. The van der Waals surface area contributed by atoms with Gasteiger partial charge in [0, 0.05) is 30.9 Å². The molecule has 2 aromatic rings. The van der Waals surface area contributed by atoms with E-state index in [9.17, 15) is 33.0 Å². The summed E-state index contributed by atoms with van der Waals surface area (Å²) in [4.78, 5) is 25.8. The number of halogens is 3. The van der Waals surface area contributed by atoms with Gasteiger partial charge in [-0.3, -0.25) is 14.3 Å². The van der Waals surface area contributed by atoms with Gasteiger partial charge in [0.2, 0.25) is 0 Å². The van der Waals surface area contributed by atoms with Crippen molar-refractivity contribution in [1.82, 2.24) is 14.7 Å². The molecule has 0 atom stereocenters. The molecule has 1 aliphatic heterocycles. The second-order valence-electron chi connectivity index (χ2n) is 8.20. The third-order valence-electron chi connectivity index (χ3n) is 5.50. The van der Waals surface area contributed by atoms with Gasteiger partial charge in [-0.2, -0.15) is 13.9 Å². The maximum atomic E-state index is 14.9. The summed E-state index contributed by atoms with van der Waals surface area (Å²) >= 11 is 0. The van der Waals surface area contributed by atoms with Gasteiger partial charge >= 0.3 is 5.92 Å². The summed E-state index contributed by atoms with van der Waals surface area (Å²) in [6.45, 7) is 2.79. The molecule has 0 spiro atoms. The fourth-order valence-electron chi connectivity index (χ4n) is 3.39. The molecule has 2 amide bonds. The maximum Gasteiger partial charge on any atom is 0.352 e. The Kier molecular flexibility index (Phi) is 6.61. The quantitative estimate of drug-likeness (QED) is 0.621. The minimum absolute atomic E-state index is 0.0472. The van der Waals surface area contributed by atoms with Crippen LogP contribution >= 0.6 is 0 Å². The molecule has 0 radical (unpaired) electrons. The second-order valence-corrected chi connectivity index (χ2v) is 8.20. The van der Waals surface area contributed by atoms with E-state index in [2.05, 4.69) is 10.4 Å². The van der Waals surface area contributed by atoms with Crippen molar-refractivity contribution < 1.29 is 33.0 Å². The first kappa shape index (κ1) is 23.7. The highest BCUT2D eigenvalue weighted by Gasteiger charge is 2.48. The minimum atomic E-state index is -4.22. The standard InChI is InChI=1S/C21H25F3N4O4/c1-13(2)28-11-15(10-25-28)26-18(30)14-3-4-17(22)16(9-14)21(23,24)19(31)27-7-5-20(32,12-29)6-8-27/h3-4,9-11,13,29,32H,5-8,12H2,1-2H3,(H,26,30). The van der Waals surface area contributed by atoms with Crippen LogP contribution in [0.3, 0.4) is 0 Å². The first-order valence-electron chi connectivity index (χ1n) is 10.1. The Morgan fingerprint density at radius 1 is 1.28 bits per heavy atom. The molecule has 2 heterocycles. The normalized spacial score (nSPS) is 16.3. The Labute approximate surface area is 182 Å². The van der Waals surface area contributed by atoms with E-state index < -0.39 is 41.3 Å². The van der Waals surface area contributed by atoms with Crippen LogP contribution in [0.5, 0.6) is 0 Å². The van der Waals surface area contributed by atoms with Crippen molar-refractivity contribution >= 4 is 17.5 Å². The molecule has 1 fully saturated rings. The Hall–Kier alpha value is -2.92. The summed E-state index contributed by atoms with van der Waals surface area (Å²) in [6.07, 6.45) is 2.79. The van der Waals surface area contributed by atoms with Crippen LogP contribution in [-0.4, -0.2) is 62.0 Å². The Morgan fingerprint density at radius 2 is 1.94 bits per heavy atom. The first-order valence-corrected chi connectivity index (χ1v) is 10.1. The lowest BCUT2D eigenvalue weighted by molar-refractivity contribution is -0.164. The van der Waals surface area contributed by atoms with Crippen molar-refractivity contribution in [2.45, 2.75) is 44.3 Å². The van der Waals surface area contributed by atoms with E-state index in [0.29, 0.717) is 17.8 Å². The van der Waals surface area contributed by atoms with Gasteiger partial charge in [-0.05, 0) is 44.9 Å². The molecule has 8 nitrogen and oxygen atoms in total. The fourth-order valence-corrected chi connectivity index (χ4v) is 3.39. The zero-order chi connectivity index (χ0) is 23.7. The number of nitrogens with one attached hydrogen (secondary N) is 1. The van der Waals surface area contributed by atoms with Gasteiger partial charge in [-0.1, -0.05) is 0 Å². The predicted octanol–water partition coefficient (Wildman–Crippen LogP) is 2.29. The number of alkyl halides is 2. The van der Waals surface area contributed by atoms with Crippen LogP contribution in [0.2, 0.25) is 0 Å². The fraction of sp³-hybridized carbons (Fsp3) is 0.476. The summed E-state index contributed by atoms with van der Waals surface area (Å²) in [5, 5.41) is 25.7. The van der Waals surface area contributed by atoms with Crippen LogP contribution < -0.4 is 5.32 Å². The van der Waals surface area contributed by atoms with Crippen LogP contribution in [-0.2, 0) is 10.7 Å². The smallest absolute Gasteiger partial charge is 0.352 e. The van der Waals surface area contributed by atoms with Gasteiger partial charge in [-0.15, -0.1) is 0 Å². The molecule has 0 bridgehead atoms. The molecule has 11 heteroatoms. The van der Waals surface area contributed by atoms with Crippen molar-refractivity contribution in [1.29, 1.82) is 0 Å². The third kappa shape index (κ3) is 4.78. The first-order chi connectivity index (χ1) is 15.0. The van der Waals surface area contributed by atoms with Gasteiger partial charge in [-0.25, -0.2) is 4.39 Å². The number of hydrogen-bond acceptors (Lipinski definition) is 5. The lowest BCUT2D eigenvalue weighted by Gasteiger charge is -2.38. The van der Waals surface area contributed by atoms with E-state index >= 15 is 0 Å². The molecule has 1 aromatic heterocycles. The Bertz CT molecular complexity index is 1000. The molecule has 174 valence electrons. The van der Waals surface area contributed by atoms with Crippen LogP contribution in [0.4, 0.5) is 18.9 Å². The highest BCUT2D eigenvalue weighted by Crippen LogP contribution is 2.35. The van der Waals surface area contributed by atoms with Gasteiger partial charge in [0.15, 0.2) is 0 Å². The van der Waals surface area contributed by atoms with Crippen molar-refractivity contribution in [2.24, 2.45) is 0 Å². The molecule has 1 aromatic carbocycles. The predicted molar refractivity (Wildman–Crippen MR) is 109 cm³/mol. The Balaban J connectivity index is 1.79. The van der Waals surface area contributed by atoms with Gasteiger partial charge in [0.05, 0.1) is 29.7 Å². The largest absolute Gasteiger partial charge is 0.393 e. The van der Waals surface area contributed by atoms with Gasteiger partial charge < -0.3 is 20.4 Å².